The number of ether oxygens (including phenoxy) is 2. The fourth-order valence-electron chi connectivity index (χ4n) is 1.76. The number of unbranched alkanes of at least 4 members (excludes halogenated alkanes) is 1. The molecule has 1 atom stereocenters. The average Bonchev–Trinajstić information content (AvgIpc) is 2.47. The van der Waals surface area contributed by atoms with E-state index in [2.05, 4.69) is 20.8 Å². The van der Waals surface area contributed by atoms with E-state index in [4.69, 9.17) is 32.3 Å². The molecule has 0 bridgehead atoms. The molecule has 1 aromatic rings. The summed E-state index contributed by atoms with van der Waals surface area (Å²) in [6, 6.07) is 7.79. The maximum absolute atomic E-state index is 6.67. The molecule has 0 fully saturated rings. The average molecular weight is 349 g/mol. The first-order valence-corrected chi connectivity index (χ1v) is 9.76. The van der Waals surface area contributed by atoms with E-state index >= 15 is 0 Å². The minimum atomic E-state index is -1.02. The van der Waals surface area contributed by atoms with Crippen LogP contribution in [0, 0.1) is 5.92 Å². The first-order chi connectivity index (χ1) is 10.0. The van der Waals surface area contributed by atoms with Gasteiger partial charge in [0.1, 0.15) is 5.75 Å². The highest BCUT2D eigenvalue weighted by Gasteiger charge is 2.22. The van der Waals surface area contributed by atoms with Crippen LogP contribution in [-0.4, -0.2) is 13.7 Å². The molecule has 0 spiro atoms. The Morgan fingerprint density at radius 2 is 1.86 bits per heavy atom. The lowest BCUT2D eigenvalue weighted by Crippen LogP contribution is -2.05. The van der Waals surface area contributed by atoms with Gasteiger partial charge in [0.15, 0.2) is 5.22 Å². The highest BCUT2D eigenvalue weighted by molar-refractivity contribution is 7.93. The van der Waals surface area contributed by atoms with Gasteiger partial charge >= 0.3 is 0 Å². The van der Waals surface area contributed by atoms with Gasteiger partial charge in [-0.05, 0) is 53.5 Å². The topological polar surface area (TPSA) is 18.5 Å². The second kappa shape index (κ2) is 9.56. The number of rotatable bonds is 8. The van der Waals surface area contributed by atoms with E-state index in [0.29, 0.717) is 11.8 Å². The fourth-order valence-corrected chi connectivity index (χ4v) is 4.96. The van der Waals surface area contributed by atoms with Gasteiger partial charge in [-0.1, -0.05) is 38.4 Å². The Morgan fingerprint density at radius 1 is 1.24 bits per heavy atom. The molecular formula is C16H23Cl2O2P. The summed E-state index contributed by atoms with van der Waals surface area (Å²) in [4.78, 5) is 0. The summed E-state index contributed by atoms with van der Waals surface area (Å²) in [6.07, 6.45) is 2.07. The summed E-state index contributed by atoms with van der Waals surface area (Å²) >= 11 is 13.0. The third-order valence-electron chi connectivity index (χ3n) is 2.99. The van der Waals surface area contributed by atoms with Gasteiger partial charge < -0.3 is 9.47 Å². The summed E-state index contributed by atoms with van der Waals surface area (Å²) in [5, 5.41) is 2.48. The van der Waals surface area contributed by atoms with Gasteiger partial charge in [0.25, 0.3) is 0 Å². The van der Waals surface area contributed by atoms with Crippen LogP contribution in [0.15, 0.2) is 34.8 Å². The Bertz CT molecular complexity index is 458. The molecule has 5 heteroatoms. The minimum absolute atomic E-state index is 0.241. The maximum Gasteiger partial charge on any atom is 0.192 e. The largest absolute Gasteiger partial charge is 0.497 e. The molecule has 1 rings (SSSR count). The van der Waals surface area contributed by atoms with Crippen molar-refractivity contribution in [3.63, 3.8) is 0 Å². The molecule has 0 heterocycles. The Labute approximate surface area is 139 Å². The molecule has 0 N–H and O–H groups in total. The zero-order valence-electron chi connectivity index (χ0n) is 13.0. The lowest BCUT2D eigenvalue weighted by atomic mass is 10.2. The number of hydrogen-bond donors (Lipinski definition) is 0. The molecule has 118 valence electrons. The number of allylic oxidation sites excluding steroid dienone is 1. The Hall–Kier alpha value is -0.430. The normalized spacial score (nSPS) is 13.9. The predicted octanol–water partition coefficient (Wildman–Crippen LogP) is 5.84. The van der Waals surface area contributed by atoms with Crippen molar-refractivity contribution in [2.24, 2.45) is 5.92 Å². The van der Waals surface area contributed by atoms with Crippen LogP contribution in [0.4, 0.5) is 0 Å². The van der Waals surface area contributed by atoms with Crippen LogP contribution in [0.2, 0.25) is 0 Å². The second-order valence-corrected chi connectivity index (χ2v) is 7.91. The van der Waals surface area contributed by atoms with Gasteiger partial charge in [-0.2, -0.15) is 0 Å². The quantitative estimate of drug-likeness (QED) is 0.334. The molecule has 0 aromatic heterocycles. The standard InChI is InChI=1S/C16H23Cl2O2P/c1-5-6-11-20-16(17)15(12(2)3)21(18)14-9-7-13(19-4)8-10-14/h7-10,12H,5-6,11H2,1-4H3/b16-15-. The van der Waals surface area contributed by atoms with Crippen LogP contribution in [0.25, 0.3) is 0 Å². The van der Waals surface area contributed by atoms with Crippen LogP contribution in [0.5, 0.6) is 5.75 Å². The molecule has 1 aromatic carbocycles. The van der Waals surface area contributed by atoms with Gasteiger partial charge in [0.05, 0.1) is 21.0 Å². The zero-order chi connectivity index (χ0) is 15.8. The van der Waals surface area contributed by atoms with Gasteiger partial charge in [0.2, 0.25) is 0 Å². The Morgan fingerprint density at radius 3 is 2.33 bits per heavy atom. The molecule has 1 unspecified atom stereocenters. The minimum Gasteiger partial charge on any atom is -0.497 e. The second-order valence-electron chi connectivity index (χ2n) is 4.99. The molecule has 0 aliphatic carbocycles. The lowest BCUT2D eigenvalue weighted by Gasteiger charge is -2.20. The van der Waals surface area contributed by atoms with E-state index in [0.717, 1.165) is 29.2 Å². The van der Waals surface area contributed by atoms with Crippen molar-refractivity contribution in [2.75, 3.05) is 13.7 Å². The first-order valence-electron chi connectivity index (χ1n) is 7.13. The van der Waals surface area contributed by atoms with Crippen molar-refractivity contribution in [3.05, 3.63) is 34.8 Å². The number of halogens is 2. The van der Waals surface area contributed by atoms with Crippen LogP contribution in [0.3, 0.4) is 0 Å². The van der Waals surface area contributed by atoms with Crippen LogP contribution in [-0.2, 0) is 4.74 Å². The molecule has 2 nitrogen and oxygen atoms in total. The monoisotopic (exact) mass is 348 g/mol. The van der Waals surface area contributed by atoms with Crippen molar-refractivity contribution in [2.45, 2.75) is 33.6 Å². The van der Waals surface area contributed by atoms with Crippen LogP contribution >= 0.6 is 30.1 Å². The fraction of sp³-hybridized carbons (Fsp3) is 0.500. The van der Waals surface area contributed by atoms with E-state index in [1.165, 1.54) is 0 Å². The highest BCUT2D eigenvalue weighted by atomic mass is 35.7. The van der Waals surface area contributed by atoms with E-state index in [1.54, 1.807) is 7.11 Å². The molecule has 0 aliphatic rings. The molecule has 0 aliphatic heterocycles. The Balaban J connectivity index is 2.94. The number of benzene rings is 1. The van der Waals surface area contributed by atoms with Crippen molar-refractivity contribution >= 4 is 35.4 Å². The van der Waals surface area contributed by atoms with Crippen molar-refractivity contribution in [1.82, 2.24) is 0 Å². The summed E-state index contributed by atoms with van der Waals surface area (Å²) in [6.45, 7) is 6.93. The van der Waals surface area contributed by atoms with E-state index in [9.17, 15) is 0 Å². The summed E-state index contributed by atoms with van der Waals surface area (Å²) < 4.78 is 10.8. The molecule has 0 saturated heterocycles. The molecule has 0 radical (unpaired) electrons. The summed E-state index contributed by atoms with van der Waals surface area (Å²) in [5.41, 5.74) is 0. The third kappa shape index (κ3) is 5.70. The SMILES string of the molecule is CCCCO/C(Cl)=C(/C(C)C)P(Cl)c1ccc(OC)cc1. The van der Waals surface area contributed by atoms with E-state index < -0.39 is 7.27 Å². The van der Waals surface area contributed by atoms with Gasteiger partial charge in [-0.25, -0.2) is 0 Å². The first kappa shape index (κ1) is 18.6. The van der Waals surface area contributed by atoms with Crippen molar-refractivity contribution in [3.8, 4) is 5.75 Å². The predicted molar refractivity (Wildman–Crippen MR) is 94.0 cm³/mol. The molecular weight excluding hydrogens is 326 g/mol. The smallest absolute Gasteiger partial charge is 0.192 e. The highest BCUT2D eigenvalue weighted by Crippen LogP contribution is 2.54. The summed E-state index contributed by atoms with van der Waals surface area (Å²) in [7, 11) is 0.632. The third-order valence-corrected chi connectivity index (χ3v) is 6.46. The van der Waals surface area contributed by atoms with Gasteiger partial charge in [0, 0.05) is 5.31 Å². The van der Waals surface area contributed by atoms with Crippen LogP contribution in [0.1, 0.15) is 33.6 Å². The van der Waals surface area contributed by atoms with Crippen molar-refractivity contribution < 1.29 is 9.47 Å². The Kier molecular flexibility index (Phi) is 8.48. The maximum atomic E-state index is 6.67. The van der Waals surface area contributed by atoms with Gasteiger partial charge in [-0.15, -0.1) is 0 Å². The van der Waals surface area contributed by atoms with E-state index in [-0.39, 0.29) is 5.92 Å². The zero-order valence-corrected chi connectivity index (χ0v) is 15.4. The molecule has 0 amide bonds. The molecule has 21 heavy (non-hydrogen) atoms. The molecule has 0 saturated carbocycles. The van der Waals surface area contributed by atoms with Gasteiger partial charge in [-0.3, -0.25) is 0 Å². The van der Waals surface area contributed by atoms with E-state index in [1.807, 2.05) is 24.3 Å². The number of hydrogen-bond acceptors (Lipinski definition) is 2. The summed E-state index contributed by atoms with van der Waals surface area (Å²) in [5.74, 6) is 1.06. The lowest BCUT2D eigenvalue weighted by molar-refractivity contribution is 0.227. The van der Waals surface area contributed by atoms with Crippen LogP contribution < -0.4 is 10.0 Å². The number of methoxy groups -OCH3 is 1. The van der Waals surface area contributed by atoms with Crippen molar-refractivity contribution in [1.29, 1.82) is 0 Å².